The van der Waals surface area contributed by atoms with Crippen LogP contribution in [0.3, 0.4) is 0 Å². The number of rotatable bonds is 7. The Morgan fingerprint density at radius 1 is 1.20 bits per heavy atom. The summed E-state index contributed by atoms with van der Waals surface area (Å²) in [4.78, 5) is 14.6. The van der Waals surface area contributed by atoms with Gasteiger partial charge in [0.25, 0.3) is 0 Å². The van der Waals surface area contributed by atoms with E-state index in [-0.39, 0.29) is 11.5 Å². The lowest BCUT2D eigenvalue weighted by molar-refractivity contribution is -0.155. The van der Waals surface area contributed by atoms with Crippen molar-refractivity contribution in [3.63, 3.8) is 0 Å². The van der Waals surface area contributed by atoms with Gasteiger partial charge < -0.3 is 4.74 Å². The molecule has 0 radical (unpaired) electrons. The van der Waals surface area contributed by atoms with Crippen molar-refractivity contribution < 1.29 is 9.53 Å². The highest BCUT2D eigenvalue weighted by molar-refractivity contribution is 5.70. The summed E-state index contributed by atoms with van der Waals surface area (Å²) in [5, 5.41) is 0. The summed E-state index contributed by atoms with van der Waals surface area (Å²) >= 11 is 0. The number of carbonyl (C=O) groups excluding carboxylic acids is 1. The maximum atomic E-state index is 12.2. The molecular weight excluding hydrogens is 310 g/mol. The van der Waals surface area contributed by atoms with Crippen LogP contribution in [0.5, 0.6) is 0 Å². The number of hydrogen-bond donors (Lipinski definition) is 0. The predicted octanol–water partition coefficient (Wildman–Crippen LogP) is 4.89. The normalized spacial score (nSPS) is 20.0. The van der Waals surface area contributed by atoms with Gasteiger partial charge in [0.15, 0.2) is 0 Å². The lowest BCUT2D eigenvalue weighted by Crippen LogP contribution is -2.47. The van der Waals surface area contributed by atoms with E-state index in [4.69, 9.17) is 4.74 Å². The molecule has 1 aliphatic rings. The van der Waals surface area contributed by atoms with E-state index < -0.39 is 5.60 Å². The average molecular weight is 341 g/mol. The van der Waals surface area contributed by atoms with E-state index in [0.717, 1.165) is 19.4 Å². The highest BCUT2D eigenvalue weighted by Crippen LogP contribution is 2.31. The summed E-state index contributed by atoms with van der Waals surface area (Å²) in [7, 11) is 0. The highest BCUT2D eigenvalue weighted by atomic mass is 16.6. The molecule has 0 saturated carbocycles. The van der Waals surface area contributed by atoms with E-state index >= 15 is 0 Å². The predicted molar refractivity (Wildman–Crippen MR) is 103 cm³/mol. The Morgan fingerprint density at radius 3 is 2.48 bits per heavy atom. The van der Waals surface area contributed by atoms with Crippen molar-refractivity contribution in [1.82, 2.24) is 4.90 Å². The molecule has 0 amide bonds. The molecule has 1 aromatic carbocycles. The fourth-order valence-electron chi connectivity index (χ4n) is 3.26. The second kappa shape index (κ2) is 8.48. The van der Waals surface area contributed by atoms with Crippen molar-refractivity contribution in [3.8, 4) is 0 Å². The molecule has 0 aromatic heterocycles. The molecule has 1 atom stereocenters. The maximum absolute atomic E-state index is 12.2. The lowest BCUT2D eigenvalue weighted by Gasteiger charge is -2.42. The Bertz CT molecular complexity index is 613. The van der Waals surface area contributed by atoms with E-state index in [1.54, 1.807) is 0 Å². The zero-order chi connectivity index (χ0) is 18.3. The lowest BCUT2D eigenvalue weighted by atomic mass is 9.86. The second-order valence-electron chi connectivity index (χ2n) is 7.69. The first-order valence-corrected chi connectivity index (χ1v) is 9.20. The number of benzene rings is 1. The first-order chi connectivity index (χ1) is 11.8. The summed E-state index contributed by atoms with van der Waals surface area (Å²) < 4.78 is 5.49. The van der Waals surface area contributed by atoms with Gasteiger partial charge in [-0.3, -0.25) is 9.69 Å². The van der Waals surface area contributed by atoms with Crippen LogP contribution in [0.2, 0.25) is 0 Å². The summed E-state index contributed by atoms with van der Waals surface area (Å²) in [6.07, 6.45) is 11.1. The third kappa shape index (κ3) is 5.86. The van der Waals surface area contributed by atoms with Gasteiger partial charge >= 0.3 is 5.97 Å². The van der Waals surface area contributed by atoms with Crippen LogP contribution in [-0.2, 0) is 16.1 Å². The van der Waals surface area contributed by atoms with Gasteiger partial charge in [-0.2, -0.15) is 0 Å². The van der Waals surface area contributed by atoms with Crippen molar-refractivity contribution >= 4 is 5.97 Å². The Morgan fingerprint density at radius 2 is 1.92 bits per heavy atom. The minimum Gasteiger partial charge on any atom is -0.460 e. The molecule has 0 fully saturated rings. The number of ether oxygens (including phenoxy) is 1. The number of carbonyl (C=O) groups is 1. The summed E-state index contributed by atoms with van der Waals surface area (Å²) in [6, 6.07) is 10.5. The zero-order valence-corrected chi connectivity index (χ0v) is 16.0. The van der Waals surface area contributed by atoms with Crippen LogP contribution in [0.4, 0.5) is 0 Å². The van der Waals surface area contributed by atoms with Gasteiger partial charge in [0.05, 0.1) is 6.42 Å². The van der Waals surface area contributed by atoms with Gasteiger partial charge in [-0.25, -0.2) is 0 Å². The van der Waals surface area contributed by atoms with Gasteiger partial charge in [0.1, 0.15) is 5.60 Å². The molecule has 25 heavy (non-hydrogen) atoms. The molecule has 1 aromatic rings. The SMILES string of the molecule is CCC1(N(CCC(=O)OC(C)(C)C)Cc2ccccc2)C=CC=CC1. The molecule has 3 heteroatoms. The van der Waals surface area contributed by atoms with Gasteiger partial charge in [-0.15, -0.1) is 0 Å². The van der Waals surface area contributed by atoms with Gasteiger partial charge in [-0.05, 0) is 39.2 Å². The van der Waals surface area contributed by atoms with Crippen LogP contribution in [0.15, 0.2) is 54.6 Å². The second-order valence-corrected chi connectivity index (χ2v) is 7.69. The monoisotopic (exact) mass is 341 g/mol. The zero-order valence-electron chi connectivity index (χ0n) is 16.0. The molecule has 0 N–H and O–H groups in total. The van der Waals surface area contributed by atoms with E-state index in [2.05, 4.69) is 60.4 Å². The van der Waals surface area contributed by atoms with Crippen LogP contribution >= 0.6 is 0 Å². The van der Waals surface area contributed by atoms with Crippen LogP contribution < -0.4 is 0 Å². The smallest absolute Gasteiger partial charge is 0.307 e. The van der Waals surface area contributed by atoms with Crippen LogP contribution in [0, 0.1) is 0 Å². The summed E-state index contributed by atoms with van der Waals surface area (Å²) in [6.45, 7) is 9.47. The molecular formula is C22H31NO2. The Labute approximate surface area is 152 Å². The first-order valence-electron chi connectivity index (χ1n) is 9.20. The van der Waals surface area contributed by atoms with E-state index in [1.807, 2.05) is 26.8 Å². The molecule has 136 valence electrons. The molecule has 0 heterocycles. The maximum Gasteiger partial charge on any atom is 0.307 e. The van der Waals surface area contributed by atoms with Crippen molar-refractivity contribution in [2.75, 3.05) is 6.54 Å². The summed E-state index contributed by atoms with van der Waals surface area (Å²) in [5.74, 6) is -0.132. The van der Waals surface area contributed by atoms with E-state index in [9.17, 15) is 4.79 Å². The van der Waals surface area contributed by atoms with Gasteiger partial charge in [0.2, 0.25) is 0 Å². The minimum absolute atomic E-state index is 0.0351. The molecule has 0 spiro atoms. The van der Waals surface area contributed by atoms with Crippen molar-refractivity contribution in [3.05, 3.63) is 60.2 Å². The Balaban J connectivity index is 2.13. The molecule has 3 nitrogen and oxygen atoms in total. The van der Waals surface area contributed by atoms with Crippen LogP contribution in [-0.4, -0.2) is 28.6 Å². The molecule has 0 bridgehead atoms. The minimum atomic E-state index is -0.433. The van der Waals surface area contributed by atoms with Crippen LogP contribution in [0.25, 0.3) is 0 Å². The van der Waals surface area contributed by atoms with Gasteiger partial charge in [0, 0.05) is 18.6 Å². The molecule has 2 rings (SSSR count). The molecule has 0 saturated heterocycles. The fourth-order valence-corrected chi connectivity index (χ4v) is 3.26. The number of nitrogens with zero attached hydrogens (tertiary/aromatic N) is 1. The van der Waals surface area contributed by atoms with Gasteiger partial charge in [-0.1, -0.05) is 61.6 Å². The number of esters is 1. The molecule has 1 aliphatic carbocycles. The van der Waals surface area contributed by atoms with E-state index in [0.29, 0.717) is 13.0 Å². The van der Waals surface area contributed by atoms with E-state index in [1.165, 1.54) is 5.56 Å². The standard InChI is InChI=1S/C22H31NO2/c1-5-22(15-10-7-11-16-22)23(18-19-12-8-6-9-13-19)17-14-20(24)25-21(2,3)4/h6-13,15H,5,14,16-18H2,1-4H3. The van der Waals surface area contributed by atoms with Crippen molar-refractivity contribution in [1.29, 1.82) is 0 Å². The number of allylic oxidation sites excluding steroid dienone is 2. The fraction of sp³-hybridized carbons (Fsp3) is 0.500. The largest absolute Gasteiger partial charge is 0.460 e. The Hall–Kier alpha value is -1.87. The third-order valence-corrected chi connectivity index (χ3v) is 4.59. The van der Waals surface area contributed by atoms with Crippen molar-refractivity contribution in [2.24, 2.45) is 0 Å². The third-order valence-electron chi connectivity index (χ3n) is 4.59. The Kier molecular flexibility index (Phi) is 6.60. The first kappa shape index (κ1) is 19.5. The average Bonchev–Trinajstić information content (AvgIpc) is 2.58. The number of hydrogen-bond acceptors (Lipinski definition) is 3. The highest BCUT2D eigenvalue weighted by Gasteiger charge is 2.33. The summed E-state index contributed by atoms with van der Waals surface area (Å²) in [5.41, 5.74) is 0.798. The van der Waals surface area contributed by atoms with Crippen LogP contribution in [0.1, 0.15) is 52.5 Å². The quantitative estimate of drug-likeness (QED) is 0.662. The van der Waals surface area contributed by atoms with Crippen molar-refractivity contribution in [2.45, 2.75) is 64.6 Å². The molecule has 0 aliphatic heterocycles. The topological polar surface area (TPSA) is 29.5 Å². The molecule has 1 unspecified atom stereocenters.